The molecule has 3 heteroatoms. The van der Waals surface area contributed by atoms with Gasteiger partial charge in [0, 0.05) is 18.7 Å². The normalized spacial score (nSPS) is 13.3. The second-order valence-electron chi connectivity index (χ2n) is 4.84. The van der Waals surface area contributed by atoms with Gasteiger partial charge in [-0.15, -0.1) is 0 Å². The first-order valence-electron chi connectivity index (χ1n) is 6.61. The van der Waals surface area contributed by atoms with Gasteiger partial charge >= 0.3 is 0 Å². The summed E-state index contributed by atoms with van der Waals surface area (Å²) in [5.41, 5.74) is 6.78. The van der Waals surface area contributed by atoms with Crippen LogP contribution in [0.1, 0.15) is 44.3 Å². The maximum absolute atomic E-state index is 5.73. The van der Waals surface area contributed by atoms with Crippen molar-refractivity contribution in [3.05, 3.63) is 23.2 Å². The molecule has 1 heterocycles. The van der Waals surface area contributed by atoms with Crippen LogP contribution in [0.25, 0.3) is 0 Å². The summed E-state index contributed by atoms with van der Waals surface area (Å²) in [6.45, 7) is 12.4. The van der Waals surface area contributed by atoms with Crippen LogP contribution in [-0.2, 0) is 13.1 Å². The van der Waals surface area contributed by atoms with Crippen LogP contribution in [0.4, 0.5) is 0 Å². The van der Waals surface area contributed by atoms with Crippen LogP contribution in [0.3, 0.4) is 0 Å². The van der Waals surface area contributed by atoms with Crippen molar-refractivity contribution in [2.75, 3.05) is 13.1 Å². The largest absolute Gasteiger partial charge is 0.465 e. The molecule has 0 saturated heterocycles. The first-order valence-corrected chi connectivity index (χ1v) is 6.61. The zero-order chi connectivity index (χ0) is 12.8. The Bertz CT molecular complexity index is 333. The van der Waals surface area contributed by atoms with Crippen LogP contribution in [0.2, 0.25) is 0 Å². The molecule has 98 valence electrons. The molecule has 3 nitrogen and oxygen atoms in total. The third kappa shape index (κ3) is 4.17. The van der Waals surface area contributed by atoms with Gasteiger partial charge in [0.15, 0.2) is 0 Å². The smallest absolute Gasteiger partial charge is 0.118 e. The molecule has 0 radical (unpaired) electrons. The van der Waals surface area contributed by atoms with E-state index in [1.807, 2.05) is 6.92 Å². The number of nitrogens with zero attached hydrogens (tertiary/aromatic N) is 1. The molecule has 1 unspecified atom stereocenters. The molecular formula is C14H26N2O. The Hall–Kier alpha value is -0.800. The van der Waals surface area contributed by atoms with E-state index in [1.54, 1.807) is 0 Å². The van der Waals surface area contributed by atoms with Crippen molar-refractivity contribution < 1.29 is 4.42 Å². The Kier molecular flexibility index (Phi) is 5.72. The summed E-state index contributed by atoms with van der Waals surface area (Å²) in [6, 6.07) is 2.09. The molecule has 0 fully saturated rings. The van der Waals surface area contributed by atoms with E-state index in [4.69, 9.17) is 10.2 Å². The molecule has 0 bridgehead atoms. The van der Waals surface area contributed by atoms with Crippen molar-refractivity contribution in [1.29, 1.82) is 0 Å². The fourth-order valence-corrected chi connectivity index (χ4v) is 1.96. The summed E-state index contributed by atoms with van der Waals surface area (Å²) in [5, 5.41) is 0. The van der Waals surface area contributed by atoms with Crippen LogP contribution < -0.4 is 5.73 Å². The minimum absolute atomic E-state index is 0.562. The van der Waals surface area contributed by atoms with Gasteiger partial charge in [-0.2, -0.15) is 0 Å². The van der Waals surface area contributed by atoms with Gasteiger partial charge in [0.25, 0.3) is 0 Å². The fourth-order valence-electron chi connectivity index (χ4n) is 1.96. The van der Waals surface area contributed by atoms with Gasteiger partial charge in [0.2, 0.25) is 0 Å². The summed E-state index contributed by atoms with van der Waals surface area (Å²) in [6.07, 6.45) is 1.22. The minimum atomic E-state index is 0.562. The van der Waals surface area contributed by atoms with E-state index >= 15 is 0 Å². The highest BCUT2D eigenvalue weighted by atomic mass is 16.3. The van der Waals surface area contributed by atoms with E-state index in [-0.39, 0.29) is 0 Å². The SMILES string of the molecule is CCC(C)CN(CC)Cc1cc(CN)c(C)o1. The summed E-state index contributed by atoms with van der Waals surface area (Å²) < 4.78 is 5.73. The molecule has 0 amide bonds. The fraction of sp³-hybridized carbons (Fsp3) is 0.714. The lowest BCUT2D eigenvalue weighted by molar-refractivity contribution is 0.219. The number of nitrogens with two attached hydrogens (primary N) is 1. The molecular weight excluding hydrogens is 212 g/mol. The van der Waals surface area contributed by atoms with E-state index in [0.29, 0.717) is 6.54 Å². The third-order valence-corrected chi connectivity index (χ3v) is 3.38. The molecule has 1 aromatic rings. The summed E-state index contributed by atoms with van der Waals surface area (Å²) in [5.74, 6) is 2.73. The zero-order valence-electron chi connectivity index (χ0n) is 11.6. The highest BCUT2D eigenvalue weighted by molar-refractivity contribution is 5.20. The molecule has 0 aromatic carbocycles. The van der Waals surface area contributed by atoms with Gasteiger partial charge in [-0.3, -0.25) is 4.90 Å². The molecule has 17 heavy (non-hydrogen) atoms. The van der Waals surface area contributed by atoms with Crippen LogP contribution in [0, 0.1) is 12.8 Å². The van der Waals surface area contributed by atoms with Gasteiger partial charge in [-0.05, 0) is 25.5 Å². The predicted octanol–water partition coefficient (Wildman–Crippen LogP) is 2.91. The lowest BCUT2D eigenvalue weighted by atomic mass is 10.1. The molecule has 0 spiro atoms. The lowest BCUT2D eigenvalue weighted by Gasteiger charge is -2.22. The van der Waals surface area contributed by atoms with Crippen LogP contribution in [0.15, 0.2) is 10.5 Å². The molecule has 2 N–H and O–H groups in total. The Morgan fingerprint density at radius 2 is 2.12 bits per heavy atom. The third-order valence-electron chi connectivity index (χ3n) is 3.38. The molecule has 1 aromatic heterocycles. The van der Waals surface area contributed by atoms with Crippen molar-refractivity contribution >= 4 is 0 Å². The maximum Gasteiger partial charge on any atom is 0.118 e. The van der Waals surface area contributed by atoms with Crippen molar-refractivity contribution in [2.45, 2.75) is 47.2 Å². The monoisotopic (exact) mass is 238 g/mol. The summed E-state index contributed by atoms with van der Waals surface area (Å²) in [4.78, 5) is 2.42. The number of hydrogen-bond acceptors (Lipinski definition) is 3. The number of rotatable bonds is 7. The van der Waals surface area contributed by atoms with E-state index in [0.717, 1.165) is 42.6 Å². The lowest BCUT2D eigenvalue weighted by Crippen LogP contribution is -2.27. The Balaban J connectivity index is 2.60. The van der Waals surface area contributed by atoms with Gasteiger partial charge in [-0.25, -0.2) is 0 Å². The van der Waals surface area contributed by atoms with Crippen molar-refractivity contribution in [3.63, 3.8) is 0 Å². The zero-order valence-corrected chi connectivity index (χ0v) is 11.6. The highest BCUT2D eigenvalue weighted by Crippen LogP contribution is 2.16. The van der Waals surface area contributed by atoms with E-state index in [2.05, 4.69) is 31.7 Å². The Labute approximate surface area is 105 Å². The molecule has 0 aliphatic carbocycles. The average molecular weight is 238 g/mol. The first kappa shape index (κ1) is 14.3. The predicted molar refractivity (Wildman–Crippen MR) is 71.7 cm³/mol. The van der Waals surface area contributed by atoms with Gasteiger partial charge < -0.3 is 10.2 Å². The van der Waals surface area contributed by atoms with Gasteiger partial charge in [-0.1, -0.05) is 27.2 Å². The second kappa shape index (κ2) is 6.82. The quantitative estimate of drug-likeness (QED) is 0.794. The van der Waals surface area contributed by atoms with E-state index in [1.165, 1.54) is 6.42 Å². The van der Waals surface area contributed by atoms with E-state index in [9.17, 15) is 0 Å². The standard InChI is InChI=1S/C14H26N2O/c1-5-11(3)9-16(6-2)10-14-7-13(8-15)12(4)17-14/h7,11H,5-6,8-10,15H2,1-4H3. The van der Waals surface area contributed by atoms with Crippen molar-refractivity contribution in [1.82, 2.24) is 4.90 Å². The van der Waals surface area contributed by atoms with E-state index < -0.39 is 0 Å². The average Bonchev–Trinajstić information content (AvgIpc) is 2.68. The Morgan fingerprint density at radius 1 is 1.41 bits per heavy atom. The topological polar surface area (TPSA) is 42.4 Å². The van der Waals surface area contributed by atoms with Crippen LogP contribution >= 0.6 is 0 Å². The molecule has 0 aliphatic heterocycles. The van der Waals surface area contributed by atoms with Crippen molar-refractivity contribution in [3.8, 4) is 0 Å². The molecule has 0 saturated carbocycles. The number of furan rings is 1. The van der Waals surface area contributed by atoms with Crippen LogP contribution in [0.5, 0.6) is 0 Å². The van der Waals surface area contributed by atoms with Gasteiger partial charge in [0.05, 0.1) is 6.54 Å². The number of hydrogen-bond donors (Lipinski definition) is 1. The van der Waals surface area contributed by atoms with Crippen LogP contribution in [-0.4, -0.2) is 18.0 Å². The molecule has 1 atom stereocenters. The molecule has 0 aliphatic rings. The summed E-state index contributed by atoms with van der Waals surface area (Å²) in [7, 11) is 0. The Morgan fingerprint density at radius 3 is 2.59 bits per heavy atom. The molecule has 1 rings (SSSR count). The maximum atomic E-state index is 5.73. The second-order valence-corrected chi connectivity index (χ2v) is 4.84. The van der Waals surface area contributed by atoms with Crippen molar-refractivity contribution in [2.24, 2.45) is 11.7 Å². The van der Waals surface area contributed by atoms with Gasteiger partial charge in [0.1, 0.15) is 11.5 Å². The minimum Gasteiger partial charge on any atom is -0.465 e. The first-order chi connectivity index (χ1) is 8.10. The highest BCUT2D eigenvalue weighted by Gasteiger charge is 2.12. The summed E-state index contributed by atoms with van der Waals surface area (Å²) >= 11 is 0. The number of aryl methyl sites for hydroxylation is 1.